The number of fused-ring (bicyclic) bond motifs is 1. The smallest absolute Gasteiger partial charge is 0.308 e. The van der Waals surface area contributed by atoms with Crippen LogP contribution in [-0.4, -0.2) is 38.4 Å². The maximum absolute atomic E-state index is 13.6. The first kappa shape index (κ1) is 20.9. The fourth-order valence-corrected chi connectivity index (χ4v) is 4.58. The summed E-state index contributed by atoms with van der Waals surface area (Å²) in [7, 11) is 3.19. The second-order valence-electron chi connectivity index (χ2n) is 6.63. The van der Waals surface area contributed by atoms with E-state index in [4.69, 9.17) is 9.47 Å². The molecule has 1 amide bonds. The van der Waals surface area contributed by atoms with Crippen LogP contribution in [0.3, 0.4) is 0 Å². The first-order chi connectivity index (χ1) is 13.8. The summed E-state index contributed by atoms with van der Waals surface area (Å²) in [6, 6.07) is 12.4. The number of nitrogens with zero attached hydrogens (tertiary/aromatic N) is 1. The maximum atomic E-state index is 13.6. The fraction of sp³-hybridized carbons (Fsp3) is 0.286. The largest absolute Gasteiger partial charge is 0.497 e. The number of likely N-dealkylation sites (N-methyl/N-ethyl adjacent to an activating group) is 1. The van der Waals surface area contributed by atoms with Gasteiger partial charge in [0, 0.05) is 24.4 Å². The van der Waals surface area contributed by atoms with Gasteiger partial charge in [0.05, 0.1) is 19.3 Å². The number of carbonyl (C=O) groups is 3. The summed E-state index contributed by atoms with van der Waals surface area (Å²) in [6.07, 6.45) is 0. The zero-order chi connectivity index (χ0) is 21.2. The fourth-order valence-electron chi connectivity index (χ4n) is 3.16. The third kappa shape index (κ3) is 3.99. The standard InChI is InChI=1S/C21H22N2O5S/c1-13(24)12-22-21(16-11-15(27-4)9-10-18(16)28-14(2)25)20(26)23(3)17-7-5-6-8-19(17)29-21/h5-11,22H,12H2,1-4H3. The van der Waals surface area contributed by atoms with Crippen LogP contribution in [0.4, 0.5) is 5.69 Å². The summed E-state index contributed by atoms with van der Waals surface area (Å²) in [4.78, 5) is 38.1. The topological polar surface area (TPSA) is 84.9 Å². The molecule has 2 aromatic carbocycles. The van der Waals surface area contributed by atoms with E-state index in [1.807, 2.05) is 24.3 Å². The van der Waals surface area contributed by atoms with Gasteiger partial charge in [-0.2, -0.15) is 0 Å². The Balaban J connectivity index is 2.24. The third-order valence-corrected chi connectivity index (χ3v) is 5.91. The highest BCUT2D eigenvalue weighted by Gasteiger charge is 2.49. The summed E-state index contributed by atoms with van der Waals surface area (Å²) < 4.78 is 10.7. The van der Waals surface area contributed by atoms with Gasteiger partial charge in [-0.05, 0) is 37.3 Å². The Morgan fingerprint density at radius 3 is 2.55 bits per heavy atom. The SMILES string of the molecule is COc1ccc(OC(C)=O)c(C2(NCC(C)=O)Sc3ccccc3N(C)C2=O)c1. The Morgan fingerprint density at radius 1 is 1.17 bits per heavy atom. The van der Waals surface area contributed by atoms with Gasteiger partial charge in [0.25, 0.3) is 5.91 Å². The Labute approximate surface area is 173 Å². The van der Waals surface area contributed by atoms with Crippen LogP contribution in [-0.2, 0) is 19.3 Å². The number of Topliss-reactive ketones (excluding diaryl/α,β-unsaturated/α-hetero) is 1. The number of nitrogens with one attached hydrogen (secondary N) is 1. The number of rotatable bonds is 6. The lowest BCUT2D eigenvalue weighted by Crippen LogP contribution is -2.56. The van der Waals surface area contributed by atoms with E-state index in [0.717, 1.165) is 10.6 Å². The number of carbonyl (C=O) groups excluding carboxylic acids is 3. The summed E-state index contributed by atoms with van der Waals surface area (Å²) in [6.45, 7) is 2.70. The maximum Gasteiger partial charge on any atom is 0.308 e. The predicted molar refractivity (Wildman–Crippen MR) is 110 cm³/mol. The minimum absolute atomic E-state index is 0.0362. The number of hydrogen-bond donors (Lipinski definition) is 1. The summed E-state index contributed by atoms with van der Waals surface area (Å²) in [5.74, 6) is -0.210. The molecule has 1 unspecified atom stereocenters. The molecule has 3 rings (SSSR count). The highest BCUT2D eigenvalue weighted by atomic mass is 32.2. The highest BCUT2D eigenvalue weighted by molar-refractivity contribution is 8.01. The molecule has 0 saturated carbocycles. The summed E-state index contributed by atoms with van der Waals surface area (Å²) >= 11 is 1.27. The number of amides is 1. The highest BCUT2D eigenvalue weighted by Crippen LogP contribution is 2.51. The van der Waals surface area contributed by atoms with Crippen LogP contribution < -0.4 is 19.7 Å². The van der Waals surface area contributed by atoms with Crippen molar-refractivity contribution in [3.8, 4) is 11.5 Å². The Bertz CT molecular complexity index is 977. The van der Waals surface area contributed by atoms with Crippen LogP contribution >= 0.6 is 11.8 Å². The molecular formula is C21H22N2O5S. The third-order valence-electron chi connectivity index (χ3n) is 4.50. The van der Waals surface area contributed by atoms with E-state index in [2.05, 4.69) is 5.32 Å². The molecule has 0 spiro atoms. The lowest BCUT2D eigenvalue weighted by Gasteiger charge is -2.41. The molecule has 0 saturated heterocycles. The minimum atomic E-state index is -1.38. The van der Waals surface area contributed by atoms with E-state index in [9.17, 15) is 14.4 Å². The first-order valence-corrected chi connectivity index (χ1v) is 9.77. The van der Waals surface area contributed by atoms with Crippen LogP contribution in [0.25, 0.3) is 0 Å². The molecule has 0 fully saturated rings. The number of hydrogen-bond acceptors (Lipinski definition) is 7. The van der Waals surface area contributed by atoms with Crippen molar-refractivity contribution in [2.24, 2.45) is 0 Å². The van der Waals surface area contributed by atoms with Crippen LogP contribution in [0.2, 0.25) is 0 Å². The molecule has 1 aliphatic rings. The van der Waals surface area contributed by atoms with Crippen molar-refractivity contribution in [3.63, 3.8) is 0 Å². The summed E-state index contributed by atoms with van der Waals surface area (Å²) in [5, 5.41) is 3.11. The van der Waals surface area contributed by atoms with Gasteiger partial charge in [-0.3, -0.25) is 19.7 Å². The van der Waals surface area contributed by atoms with Crippen molar-refractivity contribution >= 4 is 35.1 Å². The molecule has 1 aliphatic heterocycles. The Kier molecular flexibility index (Phi) is 5.95. The van der Waals surface area contributed by atoms with Gasteiger partial charge in [-0.1, -0.05) is 23.9 Å². The van der Waals surface area contributed by atoms with Crippen LogP contribution in [0.1, 0.15) is 19.4 Å². The number of methoxy groups -OCH3 is 1. The molecule has 0 aliphatic carbocycles. The molecule has 7 nitrogen and oxygen atoms in total. The Morgan fingerprint density at radius 2 is 1.90 bits per heavy atom. The molecule has 1 N–H and O–H groups in total. The van der Waals surface area contributed by atoms with E-state index in [-0.39, 0.29) is 24.0 Å². The molecule has 2 aromatic rings. The molecule has 29 heavy (non-hydrogen) atoms. The molecule has 1 heterocycles. The monoisotopic (exact) mass is 414 g/mol. The van der Waals surface area contributed by atoms with Crippen molar-refractivity contribution in [2.75, 3.05) is 25.6 Å². The van der Waals surface area contributed by atoms with Crippen molar-refractivity contribution in [3.05, 3.63) is 48.0 Å². The average Bonchev–Trinajstić information content (AvgIpc) is 2.69. The van der Waals surface area contributed by atoms with Gasteiger partial charge >= 0.3 is 5.97 Å². The number of anilines is 1. The zero-order valence-corrected chi connectivity index (χ0v) is 17.5. The number of ketones is 1. The van der Waals surface area contributed by atoms with E-state index >= 15 is 0 Å². The van der Waals surface area contributed by atoms with E-state index in [1.165, 1.54) is 37.6 Å². The van der Waals surface area contributed by atoms with Gasteiger partial charge in [-0.25, -0.2) is 0 Å². The molecule has 1 atom stereocenters. The number of esters is 1. The lowest BCUT2D eigenvalue weighted by molar-refractivity contribution is -0.132. The van der Waals surface area contributed by atoms with E-state index in [0.29, 0.717) is 11.3 Å². The van der Waals surface area contributed by atoms with Crippen LogP contribution in [0.5, 0.6) is 11.5 Å². The second-order valence-corrected chi connectivity index (χ2v) is 7.88. The number of benzene rings is 2. The molecule has 8 heteroatoms. The minimum Gasteiger partial charge on any atom is -0.497 e. The Hall–Kier alpha value is -2.84. The van der Waals surface area contributed by atoms with Gasteiger partial charge in [-0.15, -0.1) is 0 Å². The molecule has 0 aromatic heterocycles. The van der Waals surface area contributed by atoms with Crippen molar-refractivity contribution in [2.45, 2.75) is 23.6 Å². The zero-order valence-electron chi connectivity index (χ0n) is 16.6. The van der Waals surface area contributed by atoms with Gasteiger partial charge in [0.15, 0.2) is 4.87 Å². The van der Waals surface area contributed by atoms with Gasteiger partial charge in [0.2, 0.25) is 0 Å². The molecule has 152 valence electrons. The predicted octanol–water partition coefficient (Wildman–Crippen LogP) is 2.72. The molecular weight excluding hydrogens is 392 g/mol. The molecule has 0 bridgehead atoms. The normalized spacial score (nSPS) is 18.2. The second kappa shape index (κ2) is 8.26. The van der Waals surface area contributed by atoms with Gasteiger partial charge < -0.3 is 14.4 Å². The van der Waals surface area contributed by atoms with Crippen molar-refractivity contribution < 1.29 is 23.9 Å². The van der Waals surface area contributed by atoms with Gasteiger partial charge in [0.1, 0.15) is 17.3 Å². The summed E-state index contributed by atoms with van der Waals surface area (Å²) in [5.41, 5.74) is 1.17. The quantitative estimate of drug-likeness (QED) is 0.575. The van der Waals surface area contributed by atoms with E-state index < -0.39 is 10.8 Å². The van der Waals surface area contributed by atoms with Crippen molar-refractivity contribution in [1.29, 1.82) is 0 Å². The number of para-hydroxylation sites is 1. The van der Waals surface area contributed by atoms with E-state index in [1.54, 1.807) is 25.2 Å². The number of thioether (sulfide) groups is 1. The first-order valence-electron chi connectivity index (χ1n) is 8.96. The lowest BCUT2D eigenvalue weighted by atomic mass is 10.0. The number of ether oxygens (including phenoxy) is 2. The average molecular weight is 414 g/mol. The van der Waals surface area contributed by atoms with Crippen LogP contribution in [0, 0.1) is 0 Å². The van der Waals surface area contributed by atoms with Crippen LogP contribution in [0.15, 0.2) is 47.4 Å². The molecule has 0 radical (unpaired) electrons. The van der Waals surface area contributed by atoms with Crippen molar-refractivity contribution in [1.82, 2.24) is 5.32 Å².